The maximum Gasteiger partial charge on any atom is 0.317 e. The first-order chi connectivity index (χ1) is 13.1. The van der Waals surface area contributed by atoms with Crippen molar-refractivity contribution in [2.24, 2.45) is 0 Å². The molecule has 1 aliphatic rings. The Kier molecular flexibility index (Phi) is 6.12. The lowest BCUT2D eigenvalue weighted by molar-refractivity contribution is 0.0950. The Morgan fingerprint density at radius 3 is 2.67 bits per heavy atom. The molecule has 0 spiro atoms. The third-order valence-corrected chi connectivity index (χ3v) is 5.12. The van der Waals surface area contributed by atoms with Gasteiger partial charge in [0.15, 0.2) is 0 Å². The van der Waals surface area contributed by atoms with Crippen molar-refractivity contribution in [2.45, 2.75) is 32.2 Å². The van der Waals surface area contributed by atoms with Crippen LogP contribution in [-0.4, -0.2) is 37.0 Å². The predicted octanol–water partition coefficient (Wildman–Crippen LogP) is 3.44. The van der Waals surface area contributed by atoms with Crippen LogP contribution in [0, 0.1) is 6.92 Å². The Morgan fingerprint density at radius 2 is 1.93 bits per heavy atom. The van der Waals surface area contributed by atoms with E-state index < -0.39 is 0 Å². The SMILES string of the molecule is CNC(=O)N1CCC[C@H](c2cccc(C(=O)NCc3ccc(C)cc3)c2)C1. The smallest absolute Gasteiger partial charge is 0.317 e. The van der Waals surface area contributed by atoms with Crippen molar-refractivity contribution in [1.29, 1.82) is 0 Å². The van der Waals surface area contributed by atoms with E-state index in [0.717, 1.165) is 30.5 Å². The van der Waals surface area contributed by atoms with E-state index in [0.29, 0.717) is 18.7 Å². The molecule has 27 heavy (non-hydrogen) atoms. The molecule has 3 rings (SSSR count). The molecule has 1 aliphatic heterocycles. The van der Waals surface area contributed by atoms with Gasteiger partial charge in [0.1, 0.15) is 0 Å². The van der Waals surface area contributed by atoms with Gasteiger partial charge in [-0.15, -0.1) is 0 Å². The van der Waals surface area contributed by atoms with Crippen LogP contribution in [0.2, 0.25) is 0 Å². The highest BCUT2D eigenvalue weighted by Crippen LogP contribution is 2.27. The first kappa shape index (κ1) is 19.0. The van der Waals surface area contributed by atoms with Crippen molar-refractivity contribution in [3.05, 3.63) is 70.8 Å². The lowest BCUT2D eigenvalue weighted by Crippen LogP contribution is -2.43. The van der Waals surface area contributed by atoms with E-state index in [-0.39, 0.29) is 17.9 Å². The lowest BCUT2D eigenvalue weighted by Gasteiger charge is -2.32. The molecule has 0 aromatic heterocycles. The molecule has 2 aromatic rings. The van der Waals surface area contributed by atoms with E-state index >= 15 is 0 Å². The van der Waals surface area contributed by atoms with Crippen LogP contribution in [0.3, 0.4) is 0 Å². The zero-order valence-electron chi connectivity index (χ0n) is 16.0. The predicted molar refractivity (Wildman–Crippen MR) is 107 cm³/mol. The Bertz CT molecular complexity index is 801. The maximum absolute atomic E-state index is 12.6. The number of hydrogen-bond acceptors (Lipinski definition) is 2. The number of likely N-dealkylation sites (tertiary alicyclic amines) is 1. The summed E-state index contributed by atoms with van der Waals surface area (Å²) < 4.78 is 0. The minimum absolute atomic E-state index is 0.0355. The van der Waals surface area contributed by atoms with Gasteiger partial charge in [-0.1, -0.05) is 42.0 Å². The highest BCUT2D eigenvalue weighted by molar-refractivity contribution is 5.94. The molecule has 0 saturated carbocycles. The number of piperidine rings is 1. The molecule has 0 radical (unpaired) electrons. The van der Waals surface area contributed by atoms with Gasteiger partial charge in [0, 0.05) is 38.2 Å². The van der Waals surface area contributed by atoms with E-state index in [9.17, 15) is 9.59 Å². The van der Waals surface area contributed by atoms with Crippen LogP contribution in [0.4, 0.5) is 4.79 Å². The number of nitrogens with zero attached hydrogens (tertiary/aromatic N) is 1. The van der Waals surface area contributed by atoms with Crippen molar-refractivity contribution in [1.82, 2.24) is 15.5 Å². The van der Waals surface area contributed by atoms with Gasteiger partial charge in [0.25, 0.3) is 5.91 Å². The number of carbonyl (C=O) groups is 2. The molecule has 5 nitrogen and oxygen atoms in total. The van der Waals surface area contributed by atoms with Gasteiger partial charge < -0.3 is 15.5 Å². The number of urea groups is 1. The molecular formula is C22H27N3O2. The van der Waals surface area contributed by atoms with Crippen LogP contribution in [0.5, 0.6) is 0 Å². The minimum Gasteiger partial charge on any atom is -0.348 e. The third-order valence-electron chi connectivity index (χ3n) is 5.12. The maximum atomic E-state index is 12.6. The Hall–Kier alpha value is -2.82. The summed E-state index contributed by atoms with van der Waals surface area (Å²) in [6.45, 7) is 4.03. The van der Waals surface area contributed by atoms with E-state index in [4.69, 9.17) is 0 Å². The summed E-state index contributed by atoms with van der Waals surface area (Å²) in [4.78, 5) is 26.3. The molecule has 1 heterocycles. The average Bonchev–Trinajstić information content (AvgIpc) is 2.72. The lowest BCUT2D eigenvalue weighted by atomic mass is 9.89. The summed E-state index contributed by atoms with van der Waals surface area (Å²) in [6.07, 6.45) is 2.00. The molecule has 2 N–H and O–H groups in total. The molecular weight excluding hydrogens is 338 g/mol. The number of aryl methyl sites for hydroxylation is 1. The number of benzene rings is 2. The Morgan fingerprint density at radius 1 is 1.15 bits per heavy atom. The van der Waals surface area contributed by atoms with Crippen molar-refractivity contribution in [3.8, 4) is 0 Å². The van der Waals surface area contributed by atoms with Crippen LogP contribution >= 0.6 is 0 Å². The molecule has 1 fully saturated rings. The third kappa shape index (κ3) is 4.88. The zero-order chi connectivity index (χ0) is 19.2. The highest BCUT2D eigenvalue weighted by atomic mass is 16.2. The fourth-order valence-electron chi connectivity index (χ4n) is 3.52. The molecule has 1 saturated heterocycles. The number of carbonyl (C=O) groups excluding carboxylic acids is 2. The van der Waals surface area contributed by atoms with Crippen LogP contribution in [-0.2, 0) is 6.54 Å². The topological polar surface area (TPSA) is 61.4 Å². The second-order valence-electron chi connectivity index (χ2n) is 7.13. The summed E-state index contributed by atoms with van der Waals surface area (Å²) >= 11 is 0. The standard InChI is InChI=1S/C22H27N3O2/c1-16-8-10-17(11-9-16)14-24-21(26)19-6-3-5-18(13-19)20-7-4-12-25(15-20)22(27)23-2/h3,5-6,8-11,13,20H,4,7,12,14-15H2,1-2H3,(H,23,27)(H,24,26)/t20-/m0/s1. The van der Waals surface area contributed by atoms with Crippen LogP contribution in [0.25, 0.3) is 0 Å². The number of hydrogen-bond donors (Lipinski definition) is 2. The summed E-state index contributed by atoms with van der Waals surface area (Å²) in [5, 5.41) is 5.68. The fourth-order valence-corrected chi connectivity index (χ4v) is 3.52. The summed E-state index contributed by atoms with van der Waals surface area (Å²) in [5.41, 5.74) is 4.07. The summed E-state index contributed by atoms with van der Waals surface area (Å²) in [6, 6.07) is 15.9. The second kappa shape index (κ2) is 8.71. The molecule has 142 valence electrons. The van der Waals surface area contributed by atoms with Gasteiger partial charge in [-0.2, -0.15) is 0 Å². The molecule has 5 heteroatoms. The van der Waals surface area contributed by atoms with Gasteiger partial charge in [0.05, 0.1) is 0 Å². The Balaban J connectivity index is 1.64. The van der Waals surface area contributed by atoms with Gasteiger partial charge >= 0.3 is 6.03 Å². The summed E-state index contributed by atoms with van der Waals surface area (Å²) in [5.74, 6) is 0.192. The van der Waals surface area contributed by atoms with E-state index in [1.165, 1.54) is 5.56 Å². The van der Waals surface area contributed by atoms with E-state index in [1.807, 2.05) is 54.3 Å². The van der Waals surface area contributed by atoms with Crippen molar-refractivity contribution < 1.29 is 9.59 Å². The first-order valence-electron chi connectivity index (χ1n) is 9.47. The van der Waals surface area contributed by atoms with Gasteiger partial charge in [0.2, 0.25) is 0 Å². The first-order valence-corrected chi connectivity index (χ1v) is 9.47. The quantitative estimate of drug-likeness (QED) is 0.872. The van der Waals surface area contributed by atoms with E-state index in [1.54, 1.807) is 7.05 Å². The van der Waals surface area contributed by atoms with Crippen LogP contribution in [0.15, 0.2) is 48.5 Å². The second-order valence-corrected chi connectivity index (χ2v) is 7.13. The average molecular weight is 365 g/mol. The van der Waals surface area contributed by atoms with Crippen LogP contribution < -0.4 is 10.6 Å². The monoisotopic (exact) mass is 365 g/mol. The van der Waals surface area contributed by atoms with Gasteiger partial charge in [-0.3, -0.25) is 4.79 Å². The fraction of sp³-hybridized carbons (Fsp3) is 0.364. The van der Waals surface area contributed by atoms with Crippen molar-refractivity contribution >= 4 is 11.9 Å². The molecule has 0 unspecified atom stereocenters. The largest absolute Gasteiger partial charge is 0.348 e. The molecule has 2 aromatic carbocycles. The zero-order valence-corrected chi connectivity index (χ0v) is 16.0. The van der Waals surface area contributed by atoms with Gasteiger partial charge in [-0.05, 0) is 43.0 Å². The Labute approximate surface area is 160 Å². The van der Waals surface area contributed by atoms with Crippen molar-refractivity contribution in [3.63, 3.8) is 0 Å². The van der Waals surface area contributed by atoms with E-state index in [2.05, 4.69) is 16.7 Å². The van der Waals surface area contributed by atoms with Crippen LogP contribution in [0.1, 0.15) is 45.8 Å². The number of nitrogens with one attached hydrogen (secondary N) is 2. The molecule has 0 bridgehead atoms. The summed E-state index contributed by atoms with van der Waals surface area (Å²) in [7, 11) is 1.66. The van der Waals surface area contributed by atoms with Gasteiger partial charge in [-0.25, -0.2) is 4.79 Å². The molecule has 1 atom stereocenters. The number of amides is 3. The normalized spacial score (nSPS) is 16.7. The minimum atomic E-state index is -0.0728. The molecule has 0 aliphatic carbocycles. The number of rotatable bonds is 4. The molecule has 3 amide bonds. The highest BCUT2D eigenvalue weighted by Gasteiger charge is 2.24. The van der Waals surface area contributed by atoms with Crippen molar-refractivity contribution in [2.75, 3.05) is 20.1 Å².